The van der Waals surface area contributed by atoms with Gasteiger partial charge in [-0.05, 0) is 43.4 Å². The Kier molecular flexibility index (Phi) is 8.08. The molecule has 8 heteroatoms. The van der Waals surface area contributed by atoms with E-state index in [9.17, 15) is 14.4 Å². The molecule has 4 amide bonds. The third kappa shape index (κ3) is 6.23. The summed E-state index contributed by atoms with van der Waals surface area (Å²) >= 11 is 0. The van der Waals surface area contributed by atoms with Crippen molar-refractivity contribution in [2.45, 2.75) is 25.8 Å². The van der Waals surface area contributed by atoms with Crippen LogP contribution in [0.3, 0.4) is 0 Å². The number of carbonyl (C=O) groups is 3. The number of anilines is 1. The van der Waals surface area contributed by atoms with Gasteiger partial charge in [0.2, 0.25) is 0 Å². The molecule has 3 rings (SSSR count). The fraction of sp³-hybridized carbons (Fsp3) is 0.375. The van der Waals surface area contributed by atoms with E-state index in [4.69, 9.17) is 4.74 Å². The third-order valence-corrected chi connectivity index (χ3v) is 5.66. The molecule has 1 aliphatic rings. The Morgan fingerprint density at radius 2 is 1.66 bits per heavy atom. The van der Waals surface area contributed by atoms with Gasteiger partial charge >= 0.3 is 17.8 Å². The van der Waals surface area contributed by atoms with Crippen LogP contribution < -0.4 is 20.7 Å². The van der Waals surface area contributed by atoms with Gasteiger partial charge in [-0.2, -0.15) is 0 Å². The predicted molar refractivity (Wildman–Crippen MR) is 122 cm³/mol. The molecule has 0 spiro atoms. The molecule has 32 heavy (non-hydrogen) atoms. The highest BCUT2D eigenvalue weighted by Crippen LogP contribution is 2.24. The van der Waals surface area contributed by atoms with E-state index >= 15 is 0 Å². The van der Waals surface area contributed by atoms with Crippen molar-refractivity contribution in [3.8, 4) is 5.75 Å². The third-order valence-electron chi connectivity index (χ3n) is 5.66. The van der Waals surface area contributed by atoms with Crippen molar-refractivity contribution in [2.24, 2.45) is 5.92 Å². The highest BCUT2D eigenvalue weighted by molar-refractivity contribution is 6.35. The average molecular weight is 439 g/mol. The van der Waals surface area contributed by atoms with Crippen LogP contribution in [-0.2, 0) is 9.59 Å². The van der Waals surface area contributed by atoms with Gasteiger partial charge in [0.25, 0.3) is 0 Å². The van der Waals surface area contributed by atoms with Crippen LogP contribution in [0.25, 0.3) is 0 Å². The van der Waals surface area contributed by atoms with E-state index in [2.05, 4.69) is 16.0 Å². The lowest BCUT2D eigenvalue weighted by atomic mass is 9.97. The smallest absolute Gasteiger partial charge is 0.321 e. The second-order valence-corrected chi connectivity index (χ2v) is 7.88. The first-order chi connectivity index (χ1) is 15.5. The molecule has 0 aromatic heterocycles. The van der Waals surface area contributed by atoms with E-state index in [1.54, 1.807) is 24.1 Å². The summed E-state index contributed by atoms with van der Waals surface area (Å²) in [5, 5.41) is 8.32. The van der Waals surface area contributed by atoms with E-state index in [1.165, 1.54) is 0 Å². The number of urea groups is 1. The van der Waals surface area contributed by atoms with Gasteiger partial charge in [0, 0.05) is 19.6 Å². The summed E-state index contributed by atoms with van der Waals surface area (Å²) in [7, 11) is 1.56. The number of rotatable bonds is 6. The van der Waals surface area contributed by atoms with Crippen molar-refractivity contribution >= 4 is 23.5 Å². The predicted octanol–water partition coefficient (Wildman–Crippen LogP) is 2.93. The second-order valence-electron chi connectivity index (χ2n) is 7.88. The van der Waals surface area contributed by atoms with Gasteiger partial charge in [-0.1, -0.05) is 42.5 Å². The van der Waals surface area contributed by atoms with E-state index in [0.29, 0.717) is 31.1 Å². The van der Waals surface area contributed by atoms with Gasteiger partial charge in [0.05, 0.1) is 18.8 Å². The number of amides is 4. The van der Waals surface area contributed by atoms with Crippen molar-refractivity contribution in [3.05, 3.63) is 60.2 Å². The molecule has 1 fully saturated rings. The lowest BCUT2D eigenvalue weighted by Crippen LogP contribution is -2.46. The standard InChI is InChI=1S/C24H30N4O4/c1-17(19-8-4-3-5-9-19)26-23(30)22(29)25-16-18-12-14-28(15-13-18)24(31)27-20-10-6-7-11-21(20)32-2/h3-11,17-18H,12-16H2,1-2H3,(H,25,29)(H,26,30)(H,27,31)/t17-/m0/s1. The van der Waals surface area contributed by atoms with Crippen LogP contribution in [-0.4, -0.2) is 49.5 Å². The summed E-state index contributed by atoms with van der Waals surface area (Å²) in [6.45, 7) is 3.41. The summed E-state index contributed by atoms with van der Waals surface area (Å²) in [6.07, 6.45) is 1.50. The largest absolute Gasteiger partial charge is 0.495 e. The molecule has 0 radical (unpaired) electrons. The van der Waals surface area contributed by atoms with Crippen LogP contribution in [0.4, 0.5) is 10.5 Å². The maximum Gasteiger partial charge on any atom is 0.321 e. The maximum absolute atomic E-state index is 12.6. The Labute approximate surface area is 188 Å². The molecule has 170 valence electrons. The maximum atomic E-state index is 12.6. The Bertz CT molecular complexity index is 927. The molecule has 0 aliphatic carbocycles. The van der Waals surface area contributed by atoms with E-state index in [1.807, 2.05) is 49.4 Å². The van der Waals surface area contributed by atoms with Crippen LogP contribution in [0.5, 0.6) is 5.75 Å². The minimum Gasteiger partial charge on any atom is -0.495 e. The number of hydrogen-bond donors (Lipinski definition) is 3. The highest BCUT2D eigenvalue weighted by atomic mass is 16.5. The fourth-order valence-corrected chi connectivity index (χ4v) is 3.69. The Hall–Kier alpha value is -3.55. The number of piperidine rings is 1. The van der Waals surface area contributed by atoms with E-state index in [0.717, 1.165) is 18.4 Å². The van der Waals surface area contributed by atoms with Crippen molar-refractivity contribution in [3.63, 3.8) is 0 Å². The van der Waals surface area contributed by atoms with Gasteiger partial charge in [0.1, 0.15) is 5.75 Å². The zero-order chi connectivity index (χ0) is 22.9. The lowest BCUT2D eigenvalue weighted by molar-refractivity contribution is -0.139. The summed E-state index contributed by atoms with van der Waals surface area (Å²) in [5.74, 6) is -0.453. The van der Waals surface area contributed by atoms with Gasteiger partial charge in [-0.25, -0.2) is 4.79 Å². The molecule has 1 saturated heterocycles. The molecule has 3 N–H and O–H groups in total. The number of ether oxygens (including phenoxy) is 1. The zero-order valence-corrected chi connectivity index (χ0v) is 18.5. The van der Waals surface area contributed by atoms with Gasteiger partial charge < -0.3 is 25.6 Å². The minimum atomic E-state index is -0.644. The topological polar surface area (TPSA) is 99.8 Å². The summed E-state index contributed by atoms with van der Waals surface area (Å²) < 4.78 is 5.27. The first-order valence-electron chi connectivity index (χ1n) is 10.8. The van der Waals surface area contributed by atoms with Crippen LogP contribution in [0.2, 0.25) is 0 Å². The minimum absolute atomic E-state index is 0.175. The molecule has 1 atom stereocenters. The number of benzene rings is 2. The summed E-state index contributed by atoms with van der Waals surface area (Å²) in [6, 6.07) is 16.3. The van der Waals surface area contributed by atoms with Crippen molar-refractivity contribution in [2.75, 3.05) is 32.1 Å². The second kappa shape index (κ2) is 11.2. The molecular weight excluding hydrogens is 408 g/mol. The van der Waals surface area contributed by atoms with Crippen LogP contribution in [0.1, 0.15) is 31.4 Å². The first-order valence-corrected chi connectivity index (χ1v) is 10.8. The van der Waals surface area contributed by atoms with Gasteiger partial charge in [0.15, 0.2) is 0 Å². The first kappa shape index (κ1) is 23.1. The molecule has 2 aromatic rings. The normalized spacial score (nSPS) is 14.9. The quantitative estimate of drug-likeness (QED) is 0.604. The number of likely N-dealkylation sites (tertiary alicyclic amines) is 1. The molecule has 0 bridgehead atoms. The van der Waals surface area contributed by atoms with E-state index in [-0.39, 0.29) is 18.0 Å². The molecule has 1 aliphatic heterocycles. The SMILES string of the molecule is COc1ccccc1NC(=O)N1CCC(CNC(=O)C(=O)N[C@@H](C)c2ccccc2)CC1. The Morgan fingerprint density at radius 3 is 2.34 bits per heavy atom. The number of hydrogen-bond acceptors (Lipinski definition) is 4. The summed E-state index contributed by atoms with van der Waals surface area (Å²) in [4.78, 5) is 38.7. The number of carbonyl (C=O) groups excluding carboxylic acids is 3. The number of nitrogens with zero attached hydrogens (tertiary/aromatic N) is 1. The van der Waals surface area contributed by atoms with Gasteiger partial charge in [-0.3, -0.25) is 9.59 Å². The van der Waals surface area contributed by atoms with Crippen molar-refractivity contribution in [1.29, 1.82) is 0 Å². The van der Waals surface area contributed by atoms with Crippen molar-refractivity contribution in [1.82, 2.24) is 15.5 Å². The lowest BCUT2D eigenvalue weighted by Gasteiger charge is -2.32. The van der Waals surface area contributed by atoms with Crippen LogP contribution in [0.15, 0.2) is 54.6 Å². The average Bonchev–Trinajstić information content (AvgIpc) is 2.83. The molecule has 0 unspecified atom stereocenters. The monoisotopic (exact) mass is 438 g/mol. The summed E-state index contributed by atoms with van der Waals surface area (Å²) in [5.41, 5.74) is 1.57. The van der Waals surface area contributed by atoms with Crippen LogP contribution in [0, 0.1) is 5.92 Å². The van der Waals surface area contributed by atoms with Crippen molar-refractivity contribution < 1.29 is 19.1 Å². The molecule has 0 saturated carbocycles. The highest BCUT2D eigenvalue weighted by Gasteiger charge is 2.25. The Balaban J connectivity index is 1.39. The number of para-hydroxylation sites is 2. The zero-order valence-electron chi connectivity index (χ0n) is 18.5. The van der Waals surface area contributed by atoms with Crippen LogP contribution >= 0.6 is 0 Å². The molecule has 1 heterocycles. The molecule has 2 aromatic carbocycles. The molecular formula is C24H30N4O4. The fourth-order valence-electron chi connectivity index (χ4n) is 3.69. The molecule has 8 nitrogen and oxygen atoms in total. The number of methoxy groups -OCH3 is 1. The number of nitrogens with one attached hydrogen (secondary N) is 3. The Morgan fingerprint density at radius 1 is 1.00 bits per heavy atom. The van der Waals surface area contributed by atoms with E-state index < -0.39 is 11.8 Å². The van der Waals surface area contributed by atoms with Gasteiger partial charge in [-0.15, -0.1) is 0 Å².